The number of aromatic nitrogens is 4. The van der Waals surface area contributed by atoms with Gasteiger partial charge in [0.05, 0.1) is 22.4 Å². The molecule has 20 heavy (non-hydrogen) atoms. The standard InChI is InChI=1S/C12H16BrN5O2/c1-3-8-10(13)9(18(4-2)16-8)6-17-5-7(14)11(19)15-12(17)20/h5H,3-4,6,14H2,1-2H3,(H,15,19,20). The maximum Gasteiger partial charge on any atom is 0.328 e. The molecule has 0 radical (unpaired) electrons. The van der Waals surface area contributed by atoms with Crippen LogP contribution >= 0.6 is 15.9 Å². The molecule has 0 aliphatic rings. The molecule has 0 aliphatic heterocycles. The number of aromatic amines is 1. The van der Waals surface area contributed by atoms with Crippen LogP contribution in [0.15, 0.2) is 20.3 Å². The fraction of sp³-hybridized carbons (Fsp3) is 0.417. The lowest BCUT2D eigenvalue weighted by Gasteiger charge is -2.08. The van der Waals surface area contributed by atoms with E-state index in [0.29, 0.717) is 13.1 Å². The summed E-state index contributed by atoms with van der Waals surface area (Å²) in [6, 6.07) is 0. The van der Waals surface area contributed by atoms with Crippen LogP contribution in [0.4, 0.5) is 5.69 Å². The molecule has 7 nitrogen and oxygen atoms in total. The zero-order chi connectivity index (χ0) is 14.9. The molecule has 108 valence electrons. The van der Waals surface area contributed by atoms with Crippen molar-refractivity contribution in [3.05, 3.63) is 42.9 Å². The van der Waals surface area contributed by atoms with E-state index in [-0.39, 0.29) is 5.69 Å². The molecule has 0 bridgehead atoms. The average Bonchev–Trinajstić information content (AvgIpc) is 2.72. The second kappa shape index (κ2) is 5.66. The van der Waals surface area contributed by atoms with E-state index in [9.17, 15) is 9.59 Å². The third-order valence-electron chi connectivity index (χ3n) is 3.05. The van der Waals surface area contributed by atoms with Gasteiger partial charge in [-0.3, -0.25) is 19.0 Å². The van der Waals surface area contributed by atoms with Crippen LogP contribution in [-0.2, 0) is 19.5 Å². The van der Waals surface area contributed by atoms with Crippen LogP contribution in [0, 0.1) is 0 Å². The Kier molecular flexibility index (Phi) is 4.12. The fourth-order valence-corrected chi connectivity index (χ4v) is 2.66. The molecule has 0 aliphatic carbocycles. The molecule has 2 rings (SSSR count). The topological polar surface area (TPSA) is 98.7 Å². The number of rotatable bonds is 4. The molecule has 2 aromatic heterocycles. The van der Waals surface area contributed by atoms with E-state index in [0.717, 1.165) is 22.3 Å². The number of nitrogens with zero attached hydrogens (tertiary/aromatic N) is 3. The van der Waals surface area contributed by atoms with Gasteiger partial charge in [-0.25, -0.2) is 4.79 Å². The number of H-pyrrole nitrogens is 1. The molecular formula is C12H16BrN5O2. The molecule has 2 aromatic rings. The summed E-state index contributed by atoms with van der Waals surface area (Å²) >= 11 is 3.52. The van der Waals surface area contributed by atoms with Crippen LogP contribution in [0.25, 0.3) is 0 Å². The number of aryl methyl sites for hydroxylation is 2. The van der Waals surface area contributed by atoms with Crippen LogP contribution in [-0.4, -0.2) is 19.3 Å². The molecule has 8 heteroatoms. The first-order valence-corrected chi connectivity index (χ1v) is 7.10. The number of nitrogen functional groups attached to an aromatic ring is 1. The van der Waals surface area contributed by atoms with Crippen molar-refractivity contribution >= 4 is 21.6 Å². The molecule has 0 aromatic carbocycles. The SMILES string of the molecule is CCc1nn(CC)c(Cn2cc(N)c(=O)[nH]c2=O)c1Br. The maximum atomic E-state index is 11.8. The van der Waals surface area contributed by atoms with Crippen LogP contribution in [0.1, 0.15) is 25.2 Å². The highest BCUT2D eigenvalue weighted by Gasteiger charge is 2.15. The van der Waals surface area contributed by atoms with Gasteiger partial charge in [0.1, 0.15) is 5.69 Å². The van der Waals surface area contributed by atoms with E-state index in [2.05, 4.69) is 26.0 Å². The number of nitrogens with one attached hydrogen (secondary N) is 1. The average molecular weight is 342 g/mol. The molecule has 0 saturated heterocycles. The van der Waals surface area contributed by atoms with Gasteiger partial charge in [0.25, 0.3) is 5.56 Å². The minimum atomic E-state index is -0.566. The summed E-state index contributed by atoms with van der Waals surface area (Å²) < 4.78 is 4.08. The second-order valence-electron chi connectivity index (χ2n) is 4.35. The maximum absolute atomic E-state index is 11.8. The molecule has 0 atom stereocenters. The molecule has 3 N–H and O–H groups in total. The summed E-state index contributed by atoms with van der Waals surface area (Å²) in [5.41, 5.74) is 6.31. The first-order valence-electron chi connectivity index (χ1n) is 6.31. The van der Waals surface area contributed by atoms with E-state index in [1.54, 1.807) is 0 Å². The second-order valence-corrected chi connectivity index (χ2v) is 5.14. The zero-order valence-corrected chi connectivity index (χ0v) is 12.9. The minimum Gasteiger partial charge on any atom is -0.393 e. The predicted molar refractivity (Wildman–Crippen MR) is 79.8 cm³/mol. The summed E-state index contributed by atoms with van der Waals surface area (Å²) in [6.07, 6.45) is 2.15. The quantitative estimate of drug-likeness (QED) is 0.855. The van der Waals surface area contributed by atoms with Crippen LogP contribution < -0.4 is 17.0 Å². The fourth-order valence-electron chi connectivity index (χ4n) is 1.97. The Morgan fingerprint density at radius 1 is 1.40 bits per heavy atom. The number of nitrogens with two attached hydrogens (primary N) is 1. The number of hydrogen-bond donors (Lipinski definition) is 2. The van der Waals surface area contributed by atoms with Gasteiger partial charge in [-0.05, 0) is 29.3 Å². The van der Waals surface area contributed by atoms with E-state index in [1.165, 1.54) is 10.8 Å². The summed E-state index contributed by atoms with van der Waals surface area (Å²) in [5.74, 6) is 0. The van der Waals surface area contributed by atoms with Gasteiger partial charge in [-0.2, -0.15) is 5.10 Å². The molecule has 0 amide bonds. The Morgan fingerprint density at radius 2 is 2.10 bits per heavy atom. The Morgan fingerprint density at radius 3 is 2.70 bits per heavy atom. The van der Waals surface area contributed by atoms with Crippen molar-refractivity contribution in [1.29, 1.82) is 0 Å². The molecular weight excluding hydrogens is 326 g/mol. The van der Waals surface area contributed by atoms with Crippen LogP contribution in [0.2, 0.25) is 0 Å². The van der Waals surface area contributed by atoms with Gasteiger partial charge in [-0.15, -0.1) is 0 Å². The molecule has 0 spiro atoms. The van der Waals surface area contributed by atoms with Crippen molar-refractivity contribution < 1.29 is 0 Å². The smallest absolute Gasteiger partial charge is 0.328 e. The first-order chi connectivity index (χ1) is 9.47. The Labute approximate surface area is 123 Å². The van der Waals surface area contributed by atoms with Gasteiger partial charge in [-0.1, -0.05) is 6.92 Å². The lowest BCUT2D eigenvalue weighted by molar-refractivity contribution is 0.584. The third kappa shape index (κ3) is 2.55. The van der Waals surface area contributed by atoms with Crippen molar-refractivity contribution in [3.63, 3.8) is 0 Å². The number of halogens is 1. The van der Waals surface area contributed by atoms with Gasteiger partial charge in [0.15, 0.2) is 0 Å². The summed E-state index contributed by atoms with van der Waals surface area (Å²) in [7, 11) is 0. The highest BCUT2D eigenvalue weighted by Crippen LogP contribution is 2.22. The van der Waals surface area contributed by atoms with Crippen LogP contribution in [0.5, 0.6) is 0 Å². The Bertz CT molecular complexity index is 743. The van der Waals surface area contributed by atoms with E-state index in [1.807, 2.05) is 18.5 Å². The first kappa shape index (κ1) is 14.6. The molecule has 2 heterocycles. The Balaban J connectivity index is 2.50. The number of hydrogen-bond acceptors (Lipinski definition) is 4. The largest absolute Gasteiger partial charge is 0.393 e. The van der Waals surface area contributed by atoms with Crippen molar-refractivity contribution in [2.75, 3.05) is 5.73 Å². The van der Waals surface area contributed by atoms with Crippen molar-refractivity contribution in [3.8, 4) is 0 Å². The summed E-state index contributed by atoms with van der Waals surface area (Å²) in [6.45, 7) is 4.98. The monoisotopic (exact) mass is 341 g/mol. The third-order valence-corrected chi connectivity index (χ3v) is 3.97. The molecule has 0 fully saturated rings. The normalized spacial score (nSPS) is 10.9. The van der Waals surface area contributed by atoms with E-state index >= 15 is 0 Å². The predicted octanol–water partition coefficient (Wildman–Crippen LogP) is 0.708. The van der Waals surface area contributed by atoms with Crippen molar-refractivity contribution in [2.45, 2.75) is 33.4 Å². The van der Waals surface area contributed by atoms with E-state index in [4.69, 9.17) is 5.73 Å². The zero-order valence-electron chi connectivity index (χ0n) is 11.3. The molecule has 0 saturated carbocycles. The minimum absolute atomic E-state index is 0.0130. The van der Waals surface area contributed by atoms with Gasteiger partial charge in [0, 0.05) is 12.7 Å². The van der Waals surface area contributed by atoms with Crippen LogP contribution in [0.3, 0.4) is 0 Å². The van der Waals surface area contributed by atoms with E-state index < -0.39 is 11.2 Å². The molecule has 0 unspecified atom stereocenters. The highest BCUT2D eigenvalue weighted by atomic mass is 79.9. The lowest BCUT2D eigenvalue weighted by Crippen LogP contribution is -2.31. The van der Waals surface area contributed by atoms with Crippen molar-refractivity contribution in [1.82, 2.24) is 19.3 Å². The Hall–Kier alpha value is -1.83. The highest BCUT2D eigenvalue weighted by molar-refractivity contribution is 9.10. The van der Waals surface area contributed by atoms with Gasteiger partial charge >= 0.3 is 5.69 Å². The summed E-state index contributed by atoms with van der Waals surface area (Å²) in [4.78, 5) is 25.2. The van der Waals surface area contributed by atoms with Gasteiger partial charge in [0.2, 0.25) is 0 Å². The lowest BCUT2D eigenvalue weighted by atomic mass is 10.3. The van der Waals surface area contributed by atoms with Gasteiger partial charge < -0.3 is 5.73 Å². The van der Waals surface area contributed by atoms with Crippen molar-refractivity contribution in [2.24, 2.45) is 0 Å². The summed E-state index contributed by atoms with van der Waals surface area (Å²) in [5, 5.41) is 4.46. The number of anilines is 1.